The molecule has 3 rings (SSSR count). The summed E-state index contributed by atoms with van der Waals surface area (Å²) in [6.07, 6.45) is 3.32. The van der Waals surface area contributed by atoms with Gasteiger partial charge in [0.05, 0.1) is 5.41 Å². The Labute approximate surface area is 149 Å². The van der Waals surface area contributed by atoms with E-state index in [1.807, 2.05) is 0 Å². The fourth-order valence-corrected chi connectivity index (χ4v) is 4.35. The average Bonchev–Trinajstić information content (AvgIpc) is 2.84. The normalized spacial score (nSPS) is 23.0. The van der Waals surface area contributed by atoms with E-state index in [0.717, 1.165) is 50.0 Å². The largest absolute Gasteiger partial charge is 0.304 e. The summed E-state index contributed by atoms with van der Waals surface area (Å²) in [7, 11) is 0. The van der Waals surface area contributed by atoms with Crippen molar-refractivity contribution in [1.82, 2.24) is 9.80 Å². The van der Waals surface area contributed by atoms with Gasteiger partial charge in [0, 0.05) is 13.0 Å². The molecule has 0 saturated carbocycles. The SMILES string of the molecule is CCN(CC)CCCN1C(=O)CC2(CCCc3ccc(F)cc32)C1=O. The Balaban J connectivity index is 1.79. The van der Waals surface area contributed by atoms with Crippen LogP contribution in [0, 0.1) is 5.82 Å². The number of halogens is 1. The molecule has 1 unspecified atom stereocenters. The number of hydrogen-bond donors (Lipinski definition) is 0. The monoisotopic (exact) mass is 346 g/mol. The quantitative estimate of drug-likeness (QED) is 0.744. The van der Waals surface area contributed by atoms with Crippen LogP contribution >= 0.6 is 0 Å². The first kappa shape index (κ1) is 18.1. The molecule has 2 aliphatic rings. The smallest absolute Gasteiger partial charge is 0.240 e. The molecule has 1 spiro atoms. The Kier molecular flexibility index (Phi) is 5.23. The van der Waals surface area contributed by atoms with E-state index >= 15 is 0 Å². The molecule has 1 aromatic carbocycles. The minimum atomic E-state index is -0.831. The van der Waals surface area contributed by atoms with Crippen molar-refractivity contribution >= 4 is 11.8 Å². The van der Waals surface area contributed by atoms with Gasteiger partial charge in [0.15, 0.2) is 0 Å². The van der Waals surface area contributed by atoms with Crippen molar-refractivity contribution < 1.29 is 14.0 Å². The second kappa shape index (κ2) is 7.24. The summed E-state index contributed by atoms with van der Waals surface area (Å²) in [5.41, 5.74) is 0.921. The van der Waals surface area contributed by atoms with E-state index in [4.69, 9.17) is 0 Å². The number of fused-ring (bicyclic) bond motifs is 2. The average molecular weight is 346 g/mol. The Morgan fingerprint density at radius 2 is 2.00 bits per heavy atom. The van der Waals surface area contributed by atoms with E-state index < -0.39 is 5.41 Å². The van der Waals surface area contributed by atoms with E-state index in [1.165, 1.54) is 17.0 Å². The van der Waals surface area contributed by atoms with Crippen LogP contribution in [0.1, 0.15) is 50.7 Å². The molecule has 0 aromatic heterocycles. The van der Waals surface area contributed by atoms with Gasteiger partial charge in [-0.3, -0.25) is 14.5 Å². The second-order valence-corrected chi connectivity index (χ2v) is 7.14. The van der Waals surface area contributed by atoms with Crippen LogP contribution in [0.5, 0.6) is 0 Å². The highest BCUT2D eigenvalue weighted by Crippen LogP contribution is 2.45. The van der Waals surface area contributed by atoms with Crippen LogP contribution in [0.2, 0.25) is 0 Å². The maximum Gasteiger partial charge on any atom is 0.240 e. The number of rotatable bonds is 6. The highest BCUT2D eigenvalue weighted by Gasteiger charge is 2.53. The minimum Gasteiger partial charge on any atom is -0.304 e. The zero-order chi connectivity index (χ0) is 18.0. The molecule has 4 nitrogen and oxygen atoms in total. The molecule has 1 atom stereocenters. The number of likely N-dealkylation sites (tertiary alicyclic amines) is 1. The van der Waals surface area contributed by atoms with Crippen LogP contribution in [0.25, 0.3) is 0 Å². The van der Waals surface area contributed by atoms with Gasteiger partial charge >= 0.3 is 0 Å². The van der Waals surface area contributed by atoms with Crippen molar-refractivity contribution in [1.29, 1.82) is 0 Å². The van der Waals surface area contributed by atoms with Gasteiger partial charge in [-0.25, -0.2) is 4.39 Å². The molecule has 25 heavy (non-hydrogen) atoms. The Bertz CT molecular complexity index is 672. The molecule has 2 amide bonds. The van der Waals surface area contributed by atoms with Crippen molar-refractivity contribution in [2.45, 2.75) is 51.4 Å². The molecule has 0 bridgehead atoms. The van der Waals surface area contributed by atoms with Gasteiger partial charge in [0.25, 0.3) is 0 Å². The van der Waals surface area contributed by atoms with E-state index in [-0.39, 0.29) is 24.1 Å². The molecule has 5 heteroatoms. The van der Waals surface area contributed by atoms with Gasteiger partial charge < -0.3 is 4.90 Å². The fourth-order valence-electron chi connectivity index (χ4n) is 4.35. The van der Waals surface area contributed by atoms with Gasteiger partial charge in [-0.1, -0.05) is 19.9 Å². The predicted octanol–water partition coefficient (Wildman–Crippen LogP) is 2.89. The standard InChI is InChI=1S/C20H27FN2O2/c1-3-22(4-2)11-6-12-23-18(24)14-20(19(23)25)10-5-7-15-8-9-16(21)13-17(15)20/h8-9,13H,3-7,10-12,14H2,1-2H3. The van der Waals surface area contributed by atoms with Crippen LogP contribution in [0.3, 0.4) is 0 Å². The summed E-state index contributed by atoms with van der Waals surface area (Å²) >= 11 is 0. The lowest BCUT2D eigenvalue weighted by molar-refractivity contribution is -0.140. The fraction of sp³-hybridized carbons (Fsp3) is 0.600. The number of carbonyl (C=O) groups is 2. The molecule has 1 fully saturated rings. The van der Waals surface area contributed by atoms with Crippen LogP contribution < -0.4 is 0 Å². The number of nitrogens with zero attached hydrogens (tertiary/aromatic N) is 2. The van der Waals surface area contributed by atoms with Crippen molar-refractivity contribution in [3.05, 3.63) is 35.1 Å². The zero-order valence-electron chi connectivity index (χ0n) is 15.2. The molecule has 0 radical (unpaired) electrons. The lowest BCUT2D eigenvalue weighted by Crippen LogP contribution is -2.41. The van der Waals surface area contributed by atoms with Gasteiger partial charge in [-0.2, -0.15) is 0 Å². The molecular formula is C20H27FN2O2. The summed E-state index contributed by atoms with van der Waals surface area (Å²) in [4.78, 5) is 29.4. The highest BCUT2D eigenvalue weighted by atomic mass is 19.1. The van der Waals surface area contributed by atoms with Gasteiger partial charge in [0.1, 0.15) is 5.82 Å². The first-order chi connectivity index (χ1) is 12.0. The third kappa shape index (κ3) is 3.22. The van der Waals surface area contributed by atoms with E-state index in [0.29, 0.717) is 13.0 Å². The third-order valence-electron chi connectivity index (χ3n) is 5.80. The molecule has 1 aliphatic carbocycles. The maximum absolute atomic E-state index is 13.8. The first-order valence-electron chi connectivity index (χ1n) is 9.38. The second-order valence-electron chi connectivity index (χ2n) is 7.14. The minimum absolute atomic E-state index is 0.110. The van der Waals surface area contributed by atoms with Crippen LogP contribution in [0.4, 0.5) is 4.39 Å². The summed E-state index contributed by atoms with van der Waals surface area (Å²) in [5, 5.41) is 0. The molecule has 1 aliphatic heterocycles. The summed E-state index contributed by atoms with van der Waals surface area (Å²) in [6, 6.07) is 4.69. The first-order valence-corrected chi connectivity index (χ1v) is 9.38. The van der Waals surface area contributed by atoms with Crippen molar-refractivity contribution in [3.63, 3.8) is 0 Å². The lowest BCUT2D eigenvalue weighted by atomic mass is 9.69. The molecular weight excluding hydrogens is 319 g/mol. The van der Waals surface area contributed by atoms with Crippen LogP contribution in [-0.4, -0.2) is 47.8 Å². The Morgan fingerprint density at radius 3 is 2.72 bits per heavy atom. The Hall–Kier alpha value is -1.75. The number of amides is 2. The molecule has 1 saturated heterocycles. The van der Waals surface area contributed by atoms with Crippen molar-refractivity contribution in [3.8, 4) is 0 Å². The number of aryl methyl sites for hydroxylation is 1. The molecule has 136 valence electrons. The van der Waals surface area contributed by atoms with Crippen LogP contribution in [-0.2, 0) is 21.4 Å². The Morgan fingerprint density at radius 1 is 1.24 bits per heavy atom. The maximum atomic E-state index is 13.8. The molecule has 0 N–H and O–H groups in total. The third-order valence-corrected chi connectivity index (χ3v) is 5.80. The summed E-state index contributed by atoms with van der Waals surface area (Å²) in [6.45, 7) is 7.49. The zero-order valence-corrected chi connectivity index (χ0v) is 15.2. The van der Waals surface area contributed by atoms with E-state index in [9.17, 15) is 14.0 Å². The van der Waals surface area contributed by atoms with E-state index in [2.05, 4.69) is 18.7 Å². The van der Waals surface area contributed by atoms with Crippen molar-refractivity contribution in [2.24, 2.45) is 0 Å². The number of hydrogen-bond acceptors (Lipinski definition) is 3. The van der Waals surface area contributed by atoms with Gasteiger partial charge in [-0.15, -0.1) is 0 Å². The number of carbonyl (C=O) groups excluding carboxylic acids is 2. The topological polar surface area (TPSA) is 40.6 Å². The summed E-state index contributed by atoms with van der Waals surface area (Å²) in [5.74, 6) is -0.564. The number of imide groups is 1. The predicted molar refractivity (Wildman–Crippen MR) is 94.8 cm³/mol. The van der Waals surface area contributed by atoms with Gasteiger partial charge in [0.2, 0.25) is 11.8 Å². The molecule has 1 aromatic rings. The van der Waals surface area contributed by atoms with Gasteiger partial charge in [-0.05, 0) is 68.6 Å². The van der Waals surface area contributed by atoms with Crippen molar-refractivity contribution in [2.75, 3.05) is 26.2 Å². The van der Waals surface area contributed by atoms with Crippen LogP contribution in [0.15, 0.2) is 18.2 Å². The lowest BCUT2D eigenvalue weighted by Gasteiger charge is -2.33. The molecule has 1 heterocycles. The van der Waals surface area contributed by atoms with E-state index in [1.54, 1.807) is 6.07 Å². The highest BCUT2D eigenvalue weighted by molar-refractivity contribution is 6.09. The summed E-state index contributed by atoms with van der Waals surface area (Å²) < 4.78 is 13.8. The number of benzene rings is 1.